The number of rotatable bonds is 4. The average Bonchev–Trinajstić information content (AvgIpc) is 2.67. The van der Waals surface area contributed by atoms with Gasteiger partial charge >= 0.3 is 0 Å². The fraction of sp³-hybridized carbons (Fsp3) is 0.300. The van der Waals surface area contributed by atoms with Gasteiger partial charge in [0.2, 0.25) is 5.91 Å². The molecule has 6 heteroatoms. The number of carbonyl (C=O) groups is 2. The van der Waals surface area contributed by atoms with E-state index in [1.54, 1.807) is 36.2 Å². The van der Waals surface area contributed by atoms with Gasteiger partial charge in [-0.2, -0.15) is 0 Å². The largest absolute Gasteiger partial charge is 0.496 e. The van der Waals surface area contributed by atoms with Gasteiger partial charge in [-0.05, 0) is 31.2 Å². The Balaban J connectivity index is 1.79. The Bertz CT molecular complexity index is 834. The van der Waals surface area contributed by atoms with Gasteiger partial charge in [-0.15, -0.1) is 0 Å². The van der Waals surface area contributed by atoms with Crippen LogP contribution in [0.3, 0.4) is 0 Å². The third kappa shape index (κ3) is 3.22. The second-order valence-electron chi connectivity index (χ2n) is 6.08. The lowest BCUT2D eigenvalue weighted by Gasteiger charge is -2.35. The SMILES string of the molecule is COc1ccccc1N1CCN(C(=O)c2cccc(OC)c2C)CC1=O. The molecule has 2 aromatic rings. The van der Waals surface area contributed by atoms with Crippen molar-refractivity contribution >= 4 is 17.5 Å². The van der Waals surface area contributed by atoms with Crippen LogP contribution in [0.2, 0.25) is 0 Å². The first-order valence-electron chi connectivity index (χ1n) is 8.43. The first-order valence-corrected chi connectivity index (χ1v) is 8.43. The number of piperazine rings is 1. The minimum Gasteiger partial charge on any atom is -0.496 e. The van der Waals surface area contributed by atoms with E-state index in [0.717, 1.165) is 11.3 Å². The molecule has 1 aliphatic heterocycles. The molecule has 0 N–H and O–H groups in total. The number of methoxy groups -OCH3 is 2. The lowest BCUT2D eigenvalue weighted by atomic mass is 10.1. The molecular weight excluding hydrogens is 332 g/mol. The molecule has 2 aromatic carbocycles. The lowest BCUT2D eigenvalue weighted by molar-refractivity contribution is -0.120. The predicted molar refractivity (Wildman–Crippen MR) is 99.0 cm³/mol. The fourth-order valence-electron chi connectivity index (χ4n) is 3.19. The highest BCUT2D eigenvalue weighted by Gasteiger charge is 2.30. The van der Waals surface area contributed by atoms with Crippen LogP contribution >= 0.6 is 0 Å². The standard InChI is InChI=1S/C20H22N2O4/c1-14-15(7-6-10-17(14)25-2)20(24)21-11-12-22(19(23)13-21)16-8-4-5-9-18(16)26-3/h4-10H,11-13H2,1-3H3. The van der Waals surface area contributed by atoms with Crippen LogP contribution in [0, 0.1) is 6.92 Å². The topological polar surface area (TPSA) is 59.1 Å². The molecule has 1 heterocycles. The van der Waals surface area contributed by atoms with E-state index >= 15 is 0 Å². The highest BCUT2D eigenvalue weighted by molar-refractivity contribution is 6.03. The molecule has 0 aromatic heterocycles. The normalized spacial score (nSPS) is 14.3. The van der Waals surface area contributed by atoms with E-state index in [-0.39, 0.29) is 18.4 Å². The number of benzene rings is 2. The Morgan fingerprint density at radius 3 is 2.35 bits per heavy atom. The molecular formula is C20H22N2O4. The quantitative estimate of drug-likeness (QED) is 0.846. The number of carbonyl (C=O) groups excluding carboxylic acids is 2. The molecule has 6 nitrogen and oxygen atoms in total. The van der Waals surface area contributed by atoms with E-state index in [2.05, 4.69) is 0 Å². The Labute approximate surface area is 152 Å². The van der Waals surface area contributed by atoms with Crippen LogP contribution in [0.15, 0.2) is 42.5 Å². The van der Waals surface area contributed by atoms with Crippen LogP contribution in [0.4, 0.5) is 5.69 Å². The predicted octanol–water partition coefficient (Wildman–Crippen LogP) is 2.50. The van der Waals surface area contributed by atoms with Gasteiger partial charge in [0.1, 0.15) is 18.0 Å². The summed E-state index contributed by atoms with van der Waals surface area (Å²) in [6.45, 7) is 2.76. The number of hydrogen-bond donors (Lipinski definition) is 0. The van der Waals surface area contributed by atoms with Crippen molar-refractivity contribution in [3.05, 3.63) is 53.6 Å². The van der Waals surface area contributed by atoms with Gasteiger partial charge in [-0.25, -0.2) is 0 Å². The van der Waals surface area contributed by atoms with Gasteiger partial charge < -0.3 is 19.3 Å². The zero-order chi connectivity index (χ0) is 18.7. The lowest BCUT2D eigenvalue weighted by Crippen LogP contribution is -2.52. The summed E-state index contributed by atoms with van der Waals surface area (Å²) in [5.74, 6) is 1.02. The Morgan fingerprint density at radius 2 is 1.65 bits per heavy atom. The summed E-state index contributed by atoms with van der Waals surface area (Å²) in [7, 11) is 3.15. The van der Waals surface area contributed by atoms with Gasteiger partial charge in [0.25, 0.3) is 5.91 Å². The Kier molecular flexibility index (Phi) is 5.11. The van der Waals surface area contributed by atoms with Crippen LogP contribution in [0.25, 0.3) is 0 Å². The van der Waals surface area contributed by atoms with E-state index in [4.69, 9.17) is 9.47 Å². The second kappa shape index (κ2) is 7.47. The van der Waals surface area contributed by atoms with Crippen LogP contribution in [0.5, 0.6) is 11.5 Å². The van der Waals surface area contributed by atoms with Crippen LogP contribution in [-0.4, -0.2) is 50.6 Å². The van der Waals surface area contributed by atoms with Crippen molar-refractivity contribution in [2.45, 2.75) is 6.92 Å². The Morgan fingerprint density at radius 1 is 0.962 bits per heavy atom. The molecule has 0 atom stereocenters. The Hall–Kier alpha value is -3.02. The highest BCUT2D eigenvalue weighted by Crippen LogP contribution is 2.29. The minimum atomic E-state index is -0.158. The van der Waals surface area contributed by atoms with Crippen LogP contribution in [-0.2, 0) is 4.79 Å². The molecule has 1 fully saturated rings. The molecule has 136 valence electrons. The van der Waals surface area contributed by atoms with Gasteiger partial charge in [0, 0.05) is 24.2 Å². The molecule has 2 amide bonds. The summed E-state index contributed by atoms with van der Waals surface area (Å²) in [5, 5.41) is 0. The third-order valence-corrected chi connectivity index (χ3v) is 4.62. The number of nitrogens with zero attached hydrogens (tertiary/aromatic N) is 2. The number of amides is 2. The van der Waals surface area contributed by atoms with Crippen molar-refractivity contribution in [1.82, 2.24) is 4.90 Å². The van der Waals surface area contributed by atoms with E-state index in [9.17, 15) is 9.59 Å². The van der Waals surface area contributed by atoms with Gasteiger partial charge in [0.05, 0.1) is 19.9 Å². The molecule has 26 heavy (non-hydrogen) atoms. The average molecular weight is 354 g/mol. The summed E-state index contributed by atoms with van der Waals surface area (Å²) in [6.07, 6.45) is 0. The highest BCUT2D eigenvalue weighted by atomic mass is 16.5. The molecule has 3 rings (SSSR count). The first kappa shape index (κ1) is 17.8. The maximum Gasteiger partial charge on any atom is 0.254 e. The van der Waals surface area contributed by atoms with Crippen molar-refractivity contribution in [2.24, 2.45) is 0 Å². The molecule has 0 spiro atoms. The number of ether oxygens (including phenoxy) is 2. The summed E-state index contributed by atoms with van der Waals surface area (Å²) in [4.78, 5) is 28.8. The molecule has 0 unspecified atom stereocenters. The minimum absolute atomic E-state index is 0.0352. The summed E-state index contributed by atoms with van der Waals surface area (Å²) < 4.78 is 10.6. The molecule has 0 radical (unpaired) electrons. The summed E-state index contributed by atoms with van der Waals surface area (Å²) >= 11 is 0. The summed E-state index contributed by atoms with van der Waals surface area (Å²) in [5.41, 5.74) is 2.06. The molecule has 0 saturated carbocycles. The van der Waals surface area contributed by atoms with Crippen molar-refractivity contribution in [1.29, 1.82) is 0 Å². The zero-order valence-electron chi connectivity index (χ0n) is 15.2. The maximum absolute atomic E-state index is 12.9. The molecule has 1 aliphatic rings. The van der Waals surface area contributed by atoms with Gasteiger partial charge in [-0.1, -0.05) is 18.2 Å². The van der Waals surface area contributed by atoms with Crippen LogP contribution in [0.1, 0.15) is 15.9 Å². The number of hydrogen-bond acceptors (Lipinski definition) is 4. The van der Waals surface area contributed by atoms with Crippen molar-refractivity contribution in [2.75, 3.05) is 38.8 Å². The second-order valence-corrected chi connectivity index (χ2v) is 6.08. The van der Waals surface area contributed by atoms with Crippen molar-refractivity contribution in [3.63, 3.8) is 0 Å². The van der Waals surface area contributed by atoms with E-state index in [1.165, 1.54) is 0 Å². The first-order chi connectivity index (χ1) is 12.6. The van der Waals surface area contributed by atoms with Crippen molar-refractivity contribution < 1.29 is 19.1 Å². The molecule has 0 aliphatic carbocycles. The summed E-state index contributed by atoms with van der Waals surface area (Å²) in [6, 6.07) is 12.8. The van der Waals surface area contributed by atoms with Crippen molar-refractivity contribution in [3.8, 4) is 11.5 Å². The molecule has 0 bridgehead atoms. The van der Waals surface area contributed by atoms with Gasteiger partial charge in [0.15, 0.2) is 0 Å². The zero-order valence-corrected chi connectivity index (χ0v) is 15.2. The number of para-hydroxylation sites is 2. The van der Waals surface area contributed by atoms with Gasteiger partial charge in [-0.3, -0.25) is 9.59 Å². The monoisotopic (exact) mass is 354 g/mol. The van der Waals surface area contributed by atoms with Crippen LogP contribution < -0.4 is 14.4 Å². The smallest absolute Gasteiger partial charge is 0.254 e. The number of anilines is 1. The van der Waals surface area contributed by atoms with E-state index in [0.29, 0.717) is 30.2 Å². The maximum atomic E-state index is 12.9. The van der Waals surface area contributed by atoms with E-state index in [1.807, 2.05) is 37.3 Å². The molecule has 1 saturated heterocycles. The van der Waals surface area contributed by atoms with E-state index < -0.39 is 0 Å². The fourth-order valence-corrected chi connectivity index (χ4v) is 3.19. The third-order valence-electron chi connectivity index (χ3n) is 4.62.